The minimum absolute atomic E-state index is 0.0238. The molecule has 1 aromatic heterocycles. The molecule has 0 fully saturated rings. The molecule has 2 aromatic rings. The molecule has 0 aliphatic carbocycles. The predicted molar refractivity (Wildman–Crippen MR) is 73.9 cm³/mol. The number of sulfonamides is 1. The number of rotatable bonds is 3. The van der Waals surface area contributed by atoms with Gasteiger partial charge in [-0.2, -0.15) is 0 Å². The van der Waals surface area contributed by atoms with Gasteiger partial charge in [-0.05, 0) is 42.8 Å². The van der Waals surface area contributed by atoms with Gasteiger partial charge in [0, 0.05) is 10.7 Å². The van der Waals surface area contributed by atoms with Crippen LogP contribution in [0.3, 0.4) is 0 Å². The largest absolute Gasteiger partial charge is 0.263 e. The number of nitrogens with one attached hydrogen (secondary N) is 1. The molecule has 0 spiro atoms. The number of anilines is 1. The van der Waals surface area contributed by atoms with Crippen LogP contribution in [0.25, 0.3) is 0 Å². The zero-order chi connectivity index (χ0) is 14.0. The highest BCUT2D eigenvalue weighted by molar-refractivity contribution is 9.10. The van der Waals surface area contributed by atoms with Crippen molar-refractivity contribution in [2.75, 3.05) is 4.72 Å². The minimum Gasteiger partial charge on any atom is -0.263 e. The van der Waals surface area contributed by atoms with Crippen molar-refractivity contribution in [2.24, 2.45) is 0 Å². The van der Waals surface area contributed by atoms with E-state index in [0.29, 0.717) is 10.0 Å². The molecule has 2 rings (SSSR count). The Labute approximate surface area is 118 Å². The van der Waals surface area contributed by atoms with Crippen molar-refractivity contribution in [3.63, 3.8) is 0 Å². The maximum Gasteiger partial charge on any atom is 0.263 e. The Bertz CT molecular complexity index is 719. The normalized spacial score (nSPS) is 11.3. The molecule has 100 valence electrons. The van der Waals surface area contributed by atoms with Gasteiger partial charge in [0.1, 0.15) is 11.6 Å². The fourth-order valence-electron chi connectivity index (χ4n) is 1.57. The average molecular weight is 345 g/mol. The van der Waals surface area contributed by atoms with Gasteiger partial charge < -0.3 is 0 Å². The Hall–Kier alpha value is -1.47. The van der Waals surface area contributed by atoms with Crippen molar-refractivity contribution >= 4 is 31.8 Å². The van der Waals surface area contributed by atoms with Crippen molar-refractivity contribution in [1.82, 2.24) is 4.98 Å². The van der Waals surface area contributed by atoms with Gasteiger partial charge in [-0.3, -0.25) is 4.72 Å². The second kappa shape index (κ2) is 5.26. The van der Waals surface area contributed by atoms with Gasteiger partial charge >= 0.3 is 0 Å². The maximum atomic E-state index is 13.0. The lowest BCUT2D eigenvalue weighted by atomic mass is 10.2. The first-order chi connectivity index (χ1) is 8.88. The Balaban J connectivity index is 2.38. The Morgan fingerprint density at radius 1 is 1.26 bits per heavy atom. The van der Waals surface area contributed by atoms with E-state index in [-0.39, 0.29) is 10.7 Å². The molecule has 0 saturated carbocycles. The maximum absolute atomic E-state index is 13.0. The van der Waals surface area contributed by atoms with Crippen LogP contribution in [-0.2, 0) is 10.0 Å². The highest BCUT2D eigenvalue weighted by Gasteiger charge is 2.17. The third-order valence-electron chi connectivity index (χ3n) is 2.39. The van der Waals surface area contributed by atoms with Gasteiger partial charge in [0.15, 0.2) is 0 Å². The van der Waals surface area contributed by atoms with Gasteiger partial charge in [0.25, 0.3) is 10.0 Å². The monoisotopic (exact) mass is 344 g/mol. The van der Waals surface area contributed by atoms with Crippen LogP contribution in [0.4, 0.5) is 10.2 Å². The van der Waals surface area contributed by atoms with Crippen molar-refractivity contribution in [3.8, 4) is 0 Å². The zero-order valence-electron chi connectivity index (χ0n) is 9.89. The molecule has 0 bridgehead atoms. The standard InChI is InChI=1S/C12H10BrFN2O2S/c1-8-6-10(14)2-3-11(8)19(17,18)16-12-7-9(13)4-5-15-12/h2-7H,1H3,(H,15,16). The van der Waals surface area contributed by atoms with Crippen molar-refractivity contribution in [3.05, 3.63) is 52.4 Å². The number of hydrogen-bond donors (Lipinski definition) is 1. The third-order valence-corrected chi connectivity index (χ3v) is 4.40. The molecule has 0 amide bonds. The summed E-state index contributed by atoms with van der Waals surface area (Å²) in [4.78, 5) is 3.93. The lowest BCUT2D eigenvalue weighted by Gasteiger charge is -2.09. The molecule has 7 heteroatoms. The summed E-state index contributed by atoms with van der Waals surface area (Å²) >= 11 is 3.23. The fraction of sp³-hybridized carbons (Fsp3) is 0.0833. The fourth-order valence-corrected chi connectivity index (χ4v) is 3.13. The van der Waals surface area contributed by atoms with E-state index in [1.807, 2.05) is 0 Å². The van der Waals surface area contributed by atoms with Crippen molar-refractivity contribution in [1.29, 1.82) is 0 Å². The number of pyridine rings is 1. The minimum atomic E-state index is -3.78. The van der Waals surface area contributed by atoms with Crippen LogP contribution in [0.2, 0.25) is 0 Å². The van der Waals surface area contributed by atoms with Gasteiger partial charge in [-0.25, -0.2) is 17.8 Å². The molecule has 1 heterocycles. The van der Waals surface area contributed by atoms with Gasteiger partial charge in [-0.15, -0.1) is 0 Å². The number of hydrogen-bond acceptors (Lipinski definition) is 3. The summed E-state index contributed by atoms with van der Waals surface area (Å²) in [5, 5.41) is 0. The third kappa shape index (κ3) is 3.30. The SMILES string of the molecule is Cc1cc(F)ccc1S(=O)(=O)Nc1cc(Br)ccn1. The van der Waals surface area contributed by atoms with Gasteiger partial charge in [0.2, 0.25) is 0 Å². The summed E-state index contributed by atoms with van der Waals surface area (Å²) in [7, 11) is -3.78. The van der Waals surface area contributed by atoms with E-state index in [1.54, 1.807) is 6.07 Å². The molecular weight excluding hydrogens is 335 g/mol. The topological polar surface area (TPSA) is 59.1 Å². The van der Waals surface area contributed by atoms with Crippen LogP contribution in [0.1, 0.15) is 5.56 Å². The molecule has 19 heavy (non-hydrogen) atoms. The Morgan fingerprint density at radius 3 is 2.63 bits per heavy atom. The van der Waals surface area contributed by atoms with E-state index in [4.69, 9.17) is 0 Å². The predicted octanol–water partition coefficient (Wildman–Crippen LogP) is 3.09. The first-order valence-corrected chi connectivity index (χ1v) is 7.56. The van der Waals surface area contributed by atoms with Crippen LogP contribution in [0.15, 0.2) is 45.9 Å². The molecule has 4 nitrogen and oxygen atoms in total. The number of nitrogens with zero attached hydrogens (tertiary/aromatic N) is 1. The Kier molecular flexibility index (Phi) is 3.86. The smallest absolute Gasteiger partial charge is 0.263 e. The van der Waals surface area contributed by atoms with Crippen LogP contribution in [0, 0.1) is 12.7 Å². The number of halogens is 2. The highest BCUT2D eigenvalue weighted by Crippen LogP contribution is 2.20. The van der Waals surface area contributed by atoms with Crippen LogP contribution >= 0.6 is 15.9 Å². The van der Waals surface area contributed by atoms with E-state index >= 15 is 0 Å². The molecule has 1 N–H and O–H groups in total. The lowest BCUT2D eigenvalue weighted by Crippen LogP contribution is -2.15. The van der Waals surface area contributed by atoms with E-state index in [2.05, 4.69) is 25.6 Å². The second-order valence-electron chi connectivity index (χ2n) is 3.87. The first-order valence-electron chi connectivity index (χ1n) is 5.29. The molecule has 0 unspecified atom stereocenters. The number of aromatic nitrogens is 1. The van der Waals surface area contributed by atoms with E-state index in [9.17, 15) is 12.8 Å². The van der Waals surface area contributed by atoms with Crippen molar-refractivity contribution in [2.45, 2.75) is 11.8 Å². The molecular formula is C12H10BrFN2O2S. The van der Waals surface area contributed by atoms with Crippen LogP contribution in [-0.4, -0.2) is 13.4 Å². The van der Waals surface area contributed by atoms with E-state index < -0.39 is 15.8 Å². The van der Waals surface area contributed by atoms with Gasteiger partial charge in [0.05, 0.1) is 4.90 Å². The second-order valence-corrected chi connectivity index (χ2v) is 6.44. The lowest BCUT2D eigenvalue weighted by molar-refractivity contribution is 0.598. The number of aryl methyl sites for hydroxylation is 1. The van der Waals surface area contributed by atoms with Crippen LogP contribution < -0.4 is 4.72 Å². The average Bonchev–Trinajstić information content (AvgIpc) is 2.27. The molecule has 1 aromatic carbocycles. The van der Waals surface area contributed by atoms with Crippen LogP contribution in [0.5, 0.6) is 0 Å². The van der Waals surface area contributed by atoms with Gasteiger partial charge in [-0.1, -0.05) is 15.9 Å². The first kappa shape index (κ1) is 14.0. The Morgan fingerprint density at radius 2 is 2.00 bits per heavy atom. The molecule has 0 aliphatic rings. The molecule has 0 aliphatic heterocycles. The zero-order valence-corrected chi connectivity index (χ0v) is 12.3. The van der Waals surface area contributed by atoms with E-state index in [0.717, 1.165) is 6.07 Å². The summed E-state index contributed by atoms with van der Waals surface area (Å²) in [6.07, 6.45) is 1.47. The number of benzene rings is 1. The summed E-state index contributed by atoms with van der Waals surface area (Å²) in [5.41, 5.74) is 0.336. The van der Waals surface area contributed by atoms with E-state index in [1.165, 1.54) is 31.3 Å². The quantitative estimate of drug-likeness (QED) is 0.930. The summed E-state index contributed by atoms with van der Waals surface area (Å²) in [5.74, 6) is -0.282. The summed E-state index contributed by atoms with van der Waals surface area (Å²) in [6.45, 7) is 1.53. The summed E-state index contributed by atoms with van der Waals surface area (Å²) in [6, 6.07) is 6.72. The highest BCUT2D eigenvalue weighted by atomic mass is 79.9. The molecule has 0 radical (unpaired) electrons. The molecule has 0 atom stereocenters. The summed E-state index contributed by atoms with van der Waals surface area (Å²) < 4.78 is 40.3. The van der Waals surface area contributed by atoms with Crippen molar-refractivity contribution < 1.29 is 12.8 Å². The molecule has 0 saturated heterocycles.